The minimum atomic E-state index is -0.687. The van der Waals surface area contributed by atoms with Crippen molar-refractivity contribution in [1.82, 2.24) is 0 Å². The molecule has 0 aromatic rings. The summed E-state index contributed by atoms with van der Waals surface area (Å²) < 4.78 is 39.0. The zero-order valence-corrected chi connectivity index (χ0v) is 33.5. The van der Waals surface area contributed by atoms with E-state index >= 15 is 0 Å². The minimum Gasteiger partial charge on any atom is -0.463 e. The van der Waals surface area contributed by atoms with E-state index < -0.39 is 35.0 Å². The Bertz CT molecular complexity index is 1310. The van der Waals surface area contributed by atoms with Gasteiger partial charge in [0.25, 0.3) is 0 Å². The molecular formula is C46H92O16. The molecule has 0 radical (unpaired) electrons. The third-order valence-corrected chi connectivity index (χ3v) is 9.39. The Kier molecular flexibility index (Phi) is 44.0. The summed E-state index contributed by atoms with van der Waals surface area (Å²) in [6.45, 7) is 19.6. The van der Waals surface area contributed by atoms with E-state index in [0.717, 1.165) is 12.8 Å². The maximum absolute atomic E-state index is 11.6. The van der Waals surface area contributed by atoms with Gasteiger partial charge in [-0.15, -0.1) is 0 Å². The van der Waals surface area contributed by atoms with Crippen LogP contribution >= 0.6 is 0 Å². The first-order chi connectivity index (χ1) is 25.2. The molecular weight excluding hydrogens is 808 g/mol. The van der Waals surface area contributed by atoms with Crippen molar-refractivity contribution in [3.8, 4) is 0 Å². The SMILES string of the molecule is C.C.C.C.C.C.C.C.CCC(C)(C)C(=O)OC1CCOC1=O.CCC(C)(C)C(=O)OC1COC(=O)C1.CCC(C)C(=O)OC1CCOC1=O.CCC(C)C(=O)OC1COC(=O)C1. The van der Waals surface area contributed by atoms with E-state index in [0.29, 0.717) is 38.9 Å². The highest BCUT2D eigenvalue weighted by Gasteiger charge is 2.36. The average molecular weight is 901 g/mol. The molecule has 0 bridgehead atoms. The Labute approximate surface area is 376 Å². The van der Waals surface area contributed by atoms with Crippen LogP contribution in [0.3, 0.4) is 0 Å². The number of ether oxygens (including phenoxy) is 8. The predicted molar refractivity (Wildman–Crippen MR) is 243 cm³/mol. The molecule has 16 nitrogen and oxygen atoms in total. The average Bonchev–Trinajstić information content (AvgIpc) is 3.95. The van der Waals surface area contributed by atoms with Gasteiger partial charge in [0.2, 0.25) is 12.2 Å². The molecule has 372 valence electrons. The van der Waals surface area contributed by atoms with Crippen molar-refractivity contribution < 1.29 is 76.3 Å². The van der Waals surface area contributed by atoms with Crippen LogP contribution in [0.25, 0.3) is 0 Å². The third-order valence-electron chi connectivity index (χ3n) is 9.39. The lowest BCUT2D eigenvalue weighted by atomic mass is 9.90. The number of carbonyl (C=O) groups is 8. The van der Waals surface area contributed by atoms with E-state index in [1.165, 1.54) is 0 Å². The van der Waals surface area contributed by atoms with Gasteiger partial charge in [0.15, 0.2) is 0 Å². The van der Waals surface area contributed by atoms with Crippen molar-refractivity contribution in [2.24, 2.45) is 22.7 Å². The second-order valence-electron chi connectivity index (χ2n) is 14.7. The first kappa shape index (κ1) is 75.2. The molecule has 4 aliphatic rings. The number of hydrogen-bond donors (Lipinski definition) is 0. The minimum absolute atomic E-state index is 0. The first-order valence-electron chi connectivity index (χ1n) is 18.7. The largest absolute Gasteiger partial charge is 0.463 e. The number of rotatable bonds is 12. The van der Waals surface area contributed by atoms with Crippen LogP contribution < -0.4 is 0 Å². The summed E-state index contributed by atoms with van der Waals surface area (Å²) in [5.41, 5.74) is -1.01. The van der Waals surface area contributed by atoms with Gasteiger partial charge >= 0.3 is 47.8 Å². The smallest absolute Gasteiger partial charge is 0.347 e. The van der Waals surface area contributed by atoms with Gasteiger partial charge in [-0.2, -0.15) is 0 Å². The fourth-order valence-electron chi connectivity index (χ4n) is 4.06. The van der Waals surface area contributed by atoms with Crippen molar-refractivity contribution in [3.05, 3.63) is 0 Å². The molecule has 0 aliphatic carbocycles. The molecule has 0 amide bonds. The predicted octanol–water partition coefficient (Wildman–Crippen LogP) is 9.43. The molecule has 0 aromatic carbocycles. The molecule has 0 N–H and O–H groups in total. The highest BCUT2D eigenvalue weighted by molar-refractivity contribution is 5.83. The normalized spacial score (nSPS) is 19.9. The summed E-state index contributed by atoms with van der Waals surface area (Å²) in [5, 5.41) is 0. The number of esters is 8. The molecule has 0 saturated carbocycles. The zero-order chi connectivity index (χ0) is 41.2. The number of cyclic esters (lactones) is 4. The van der Waals surface area contributed by atoms with Crippen LogP contribution in [0.4, 0.5) is 0 Å². The Morgan fingerprint density at radius 1 is 0.532 bits per heavy atom. The van der Waals surface area contributed by atoms with Gasteiger partial charge in [0.1, 0.15) is 25.4 Å². The summed E-state index contributed by atoms with van der Waals surface area (Å²) in [4.78, 5) is 89.0. The van der Waals surface area contributed by atoms with Crippen LogP contribution in [0.15, 0.2) is 0 Å². The van der Waals surface area contributed by atoms with Crippen molar-refractivity contribution in [2.75, 3.05) is 26.4 Å². The van der Waals surface area contributed by atoms with Crippen molar-refractivity contribution in [1.29, 1.82) is 0 Å². The standard InChI is InChI=1S/2C10H16O4.2C9H14O4.8CH4/c1-4-10(2,3)9(12)14-7-5-8(11)13-6-7;1-4-10(2,3)9(12)14-7-5-6-13-8(7)11;1-3-6(2)9(11)13-7-4-8(10)12-5-7;1-3-6(2)8(10)13-7-4-5-12-9(7)11;;;;;;;;/h2*7H,4-6H2,1-3H3;2*6-7H,3-5H2,1-2H3;8*1H4. The van der Waals surface area contributed by atoms with E-state index in [2.05, 4.69) is 9.47 Å². The lowest BCUT2D eigenvalue weighted by Crippen LogP contribution is -2.32. The fourth-order valence-corrected chi connectivity index (χ4v) is 4.06. The van der Waals surface area contributed by atoms with Gasteiger partial charge in [-0.25, -0.2) is 9.59 Å². The summed E-state index contributed by atoms with van der Waals surface area (Å²) in [6.07, 6.45) is 2.12. The van der Waals surface area contributed by atoms with E-state index in [1.54, 1.807) is 27.7 Å². The van der Waals surface area contributed by atoms with Gasteiger partial charge in [-0.3, -0.25) is 28.8 Å². The zero-order valence-electron chi connectivity index (χ0n) is 33.5. The molecule has 62 heavy (non-hydrogen) atoms. The van der Waals surface area contributed by atoms with Crippen molar-refractivity contribution in [2.45, 2.75) is 204 Å². The second-order valence-corrected chi connectivity index (χ2v) is 14.7. The lowest BCUT2D eigenvalue weighted by Gasteiger charge is -2.22. The first-order valence-corrected chi connectivity index (χ1v) is 18.7. The van der Waals surface area contributed by atoms with Crippen LogP contribution in [0, 0.1) is 22.7 Å². The molecule has 6 atom stereocenters. The molecule has 16 heteroatoms. The highest BCUT2D eigenvalue weighted by Crippen LogP contribution is 2.25. The van der Waals surface area contributed by atoms with Crippen LogP contribution in [0.1, 0.15) is 180 Å². The maximum atomic E-state index is 11.6. The molecule has 4 rings (SSSR count). The highest BCUT2D eigenvalue weighted by atomic mass is 16.6. The Balaban J connectivity index is -0.000000100. The van der Waals surface area contributed by atoms with Crippen LogP contribution in [0.5, 0.6) is 0 Å². The molecule has 0 spiro atoms. The summed E-state index contributed by atoms with van der Waals surface area (Å²) >= 11 is 0. The summed E-state index contributed by atoms with van der Waals surface area (Å²) in [6, 6.07) is 0. The second kappa shape index (κ2) is 36.3. The van der Waals surface area contributed by atoms with Gasteiger partial charge in [-0.1, -0.05) is 101 Å². The Morgan fingerprint density at radius 3 is 1.15 bits per heavy atom. The third kappa shape index (κ3) is 26.3. The molecule has 4 saturated heterocycles. The molecule has 4 heterocycles. The van der Waals surface area contributed by atoms with E-state index in [-0.39, 0.29) is 145 Å². The molecule has 4 fully saturated rings. The van der Waals surface area contributed by atoms with E-state index in [9.17, 15) is 38.4 Å². The molecule has 4 aliphatic heterocycles. The Hall–Kier alpha value is -4.24. The monoisotopic (exact) mass is 901 g/mol. The molecule has 0 aromatic heterocycles. The lowest BCUT2D eigenvalue weighted by molar-refractivity contribution is -0.167. The topological polar surface area (TPSA) is 210 Å². The maximum Gasteiger partial charge on any atom is 0.347 e. The van der Waals surface area contributed by atoms with Gasteiger partial charge in [0.05, 0.1) is 48.7 Å². The van der Waals surface area contributed by atoms with E-state index in [1.807, 2.05) is 41.5 Å². The van der Waals surface area contributed by atoms with Gasteiger partial charge in [-0.05, 0) is 53.4 Å². The summed E-state index contributed by atoms with van der Waals surface area (Å²) in [5.74, 6) is -2.82. The Morgan fingerprint density at radius 2 is 0.855 bits per heavy atom. The molecule has 6 unspecified atom stereocenters. The van der Waals surface area contributed by atoms with Crippen molar-refractivity contribution >= 4 is 47.8 Å². The van der Waals surface area contributed by atoms with Crippen LogP contribution in [-0.2, 0) is 76.3 Å². The van der Waals surface area contributed by atoms with Crippen LogP contribution in [-0.4, -0.2) is 98.6 Å². The fraction of sp³-hybridized carbons (Fsp3) is 0.826. The van der Waals surface area contributed by atoms with E-state index in [4.69, 9.17) is 28.4 Å². The van der Waals surface area contributed by atoms with Crippen molar-refractivity contribution in [3.63, 3.8) is 0 Å². The number of carbonyl (C=O) groups excluding carboxylic acids is 8. The number of hydrogen-bond acceptors (Lipinski definition) is 16. The van der Waals surface area contributed by atoms with Gasteiger partial charge in [0, 0.05) is 12.8 Å². The van der Waals surface area contributed by atoms with Crippen LogP contribution in [0.2, 0.25) is 0 Å². The summed E-state index contributed by atoms with van der Waals surface area (Å²) in [7, 11) is 0. The quantitative estimate of drug-likeness (QED) is 0.132. The van der Waals surface area contributed by atoms with Gasteiger partial charge < -0.3 is 37.9 Å².